The van der Waals surface area contributed by atoms with Gasteiger partial charge in [0.1, 0.15) is 17.4 Å². The van der Waals surface area contributed by atoms with Crippen molar-refractivity contribution in [2.45, 2.75) is 42.6 Å². The van der Waals surface area contributed by atoms with Crippen molar-refractivity contribution in [2.75, 3.05) is 7.11 Å². The molecular formula is C17H19NO4S. The molecule has 2 bridgehead atoms. The largest absolute Gasteiger partial charge is 0.495 e. The minimum atomic E-state index is -3.08. The smallest absolute Gasteiger partial charge is 0.167 e. The molecule has 0 aliphatic carbocycles. The second-order valence-corrected chi connectivity index (χ2v) is 8.80. The highest BCUT2D eigenvalue weighted by atomic mass is 32.2. The first-order valence-corrected chi connectivity index (χ1v) is 9.44. The van der Waals surface area contributed by atoms with Crippen LogP contribution in [0.4, 0.5) is 0 Å². The van der Waals surface area contributed by atoms with Gasteiger partial charge >= 0.3 is 0 Å². The number of sulfone groups is 1. The lowest BCUT2D eigenvalue weighted by molar-refractivity contribution is 0.0893. The Labute approximate surface area is 136 Å². The van der Waals surface area contributed by atoms with Gasteiger partial charge in [-0.15, -0.1) is 0 Å². The summed E-state index contributed by atoms with van der Waals surface area (Å²) in [4.78, 5) is 12.9. The Morgan fingerprint density at radius 3 is 2.48 bits per heavy atom. The lowest BCUT2D eigenvalue weighted by Crippen LogP contribution is -2.45. The van der Waals surface area contributed by atoms with E-state index in [0.717, 1.165) is 6.42 Å². The quantitative estimate of drug-likeness (QED) is 0.794. The summed E-state index contributed by atoms with van der Waals surface area (Å²) in [6.45, 7) is 0. The van der Waals surface area contributed by atoms with Crippen LogP contribution in [0.5, 0.6) is 5.75 Å². The molecule has 2 heterocycles. The molecular weight excluding hydrogens is 314 g/mol. The number of nitrogens with zero attached hydrogens (tertiary/aromatic N) is 1. The van der Waals surface area contributed by atoms with Crippen LogP contribution < -0.4 is 4.74 Å². The Hall–Kier alpha value is -1.87. The van der Waals surface area contributed by atoms with Gasteiger partial charge < -0.3 is 4.74 Å². The van der Waals surface area contributed by atoms with Gasteiger partial charge in [0.25, 0.3) is 0 Å². The number of fused-ring (bicyclic) bond motifs is 2. The molecule has 2 atom stereocenters. The van der Waals surface area contributed by atoms with Gasteiger partial charge in [-0.25, -0.2) is 8.42 Å². The molecule has 0 amide bonds. The van der Waals surface area contributed by atoms with Crippen molar-refractivity contribution in [3.8, 4) is 11.8 Å². The predicted molar refractivity (Wildman–Crippen MR) is 85.1 cm³/mol. The van der Waals surface area contributed by atoms with Gasteiger partial charge in [-0.2, -0.15) is 5.26 Å². The van der Waals surface area contributed by atoms with Crippen molar-refractivity contribution in [1.82, 2.24) is 0 Å². The van der Waals surface area contributed by atoms with Gasteiger partial charge in [0, 0.05) is 11.5 Å². The lowest BCUT2D eigenvalue weighted by atomic mass is 9.83. The van der Waals surface area contributed by atoms with Crippen LogP contribution in [0.25, 0.3) is 0 Å². The Morgan fingerprint density at radius 1 is 1.26 bits per heavy atom. The number of ketones is 1. The fraction of sp³-hybridized carbons (Fsp3) is 0.529. The summed E-state index contributed by atoms with van der Waals surface area (Å²) in [7, 11) is -1.62. The van der Waals surface area contributed by atoms with E-state index in [9.17, 15) is 18.5 Å². The summed E-state index contributed by atoms with van der Waals surface area (Å²) in [5.74, 6) is -0.0812. The summed E-state index contributed by atoms with van der Waals surface area (Å²) >= 11 is 0. The Balaban J connectivity index is 1.93. The summed E-state index contributed by atoms with van der Waals surface area (Å²) in [5.41, 5.74) is 0.577. The average molecular weight is 333 g/mol. The molecule has 122 valence electrons. The third kappa shape index (κ3) is 2.63. The molecule has 2 fully saturated rings. The Kier molecular flexibility index (Phi) is 4.15. The van der Waals surface area contributed by atoms with E-state index in [1.54, 1.807) is 18.2 Å². The molecule has 2 unspecified atom stereocenters. The van der Waals surface area contributed by atoms with Crippen molar-refractivity contribution in [2.24, 2.45) is 5.92 Å². The summed E-state index contributed by atoms with van der Waals surface area (Å²) in [6, 6.07) is 7.00. The fourth-order valence-electron chi connectivity index (χ4n) is 3.86. The number of nitriles is 1. The first kappa shape index (κ1) is 16.0. The second kappa shape index (κ2) is 5.97. The lowest BCUT2D eigenvalue weighted by Gasteiger charge is -2.38. The summed E-state index contributed by atoms with van der Waals surface area (Å²) < 4.78 is 29.8. The molecule has 2 aliphatic heterocycles. The third-order valence-electron chi connectivity index (χ3n) is 5.07. The molecule has 5 nitrogen and oxygen atoms in total. The zero-order valence-corrected chi connectivity index (χ0v) is 13.8. The van der Waals surface area contributed by atoms with E-state index in [4.69, 9.17) is 4.74 Å². The second-order valence-electron chi connectivity index (χ2n) is 6.29. The minimum Gasteiger partial charge on any atom is -0.495 e. The standard InChI is InChI=1S/C17H19NO4S/c1-22-16-7-3-6-14(15(16)10-18)17(19)11-8-12-4-2-5-13(9-11)23(12,20)21/h3,6-7,11-13H,2,4-5,8-9H2,1H3. The SMILES string of the molecule is COc1cccc(C(=O)C2CC3CCCC(C2)S3(=O)=O)c1C#N. The first-order chi connectivity index (χ1) is 11.0. The fourth-order valence-corrected chi connectivity index (χ4v) is 6.40. The van der Waals surface area contributed by atoms with Gasteiger partial charge in [0.2, 0.25) is 0 Å². The molecule has 23 heavy (non-hydrogen) atoms. The molecule has 1 aromatic rings. The van der Waals surface area contributed by atoms with Gasteiger partial charge in [-0.3, -0.25) is 4.79 Å². The number of carbonyl (C=O) groups is 1. The van der Waals surface area contributed by atoms with Crippen LogP contribution >= 0.6 is 0 Å². The maximum atomic E-state index is 12.9. The van der Waals surface area contributed by atoms with E-state index in [2.05, 4.69) is 0 Å². The number of benzene rings is 1. The molecule has 2 aliphatic rings. The van der Waals surface area contributed by atoms with E-state index in [1.165, 1.54) is 7.11 Å². The highest BCUT2D eigenvalue weighted by Gasteiger charge is 2.46. The van der Waals surface area contributed by atoms with Crippen LogP contribution in [0, 0.1) is 17.2 Å². The van der Waals surface area contributed by atoms with Crippen molar-refractivity contribution in [3.63, 3.8) is 0 Å². The highest BCUT2D eigenvalue weighted by molar-refractivity contribution is 7.92. The van der Waals surface area contributed by atoms with E-state index < -0.39 is 20.3 Å². The molecule has 0 radical (unpaired) electrons. The van der Waals surface area contributed by atoms with E-state index in [0.29, 0.717) is 37.0 Å². The summed E-state index contributed by atoms with van der Waals surface area (Å²) in [5, 5.41) is 8.54. The van der Waals surface area contributed by atoms with Crippen molar-refractivity contribution >= 4 is 15.6 Å². The number of methoxy groups -OCH3 is 1. The highest BCUT2D eigenvalue weighted by Crippen LogP contribution is 2.41. The van der Waals surface area contributed by atoms with Crippen LogP contribution in [0.15, 0.2) is 18.2 Å². The molecule has 0 aromatic heterocycles. The monoisotopic (exact) mass is 333 g/mol. The number of carbonyl (C=O) groups excluding carboxylic acids is 1. The average Bonchev–Trinajstić information content (AvgIpc) is 2.52. The molecule has 0 spiro atoms. The van der Waals surface area contributed by atoms with E-state index >= 15 is 0 Å². The number of hydrogen-bond acceptors (Lipinski definition) is 5. The number of hydrogen-bond donors (Lipinski definition) is 0. The molecule has 0 saturated carbocycles. The van der Waals surface area contributed by atoms with E-state index in [-0.39, 0.29) is 17.3 Å². The van der Waals surface area contributed by atoms with Crippen LogP contribution in [0.3, 0.4) is 0 Å². The zero-order valence-electron chi connectivity index (χ0n) is 13.0. The van der Waals surface area contributed by atoms with Crippen LogP contribution in [-0.2, 0) is 9.84 Å². The van der Waals surface area contributed by atoms with Crippen molar-refractivity contribution < 1.29 is 17.9 Å². The Bertz CT molecular complexity index is 758. The van der Waals surface area contributed by atoms with Crippen LogP contribution in [0.1, 0.15) is 48.0 Å². The van der Waals surface area contributed by atoms with Crippen LogP contribution in [0.2, 0.25) is 0 Å². The molecule has 2 saturated heterocycles. The molecule has 6 heteroatoms. The van der Waals surface area contributed by atoms with Gasteiger partial charge in [-0.05, 0) is 37.8 Å². The van der Waals surface area contributed by atoms with Crippen molar-refractivity contribution in [1.29, 1.82) is 5.26 Å². The summed E-state index contributed by atoms with van der Waals surface area (Å²) in [6.07, 6.45) is 2.95. The third-order valence-corrected chi connectivity index (χ3v) is 7.79. The normalized spacial score (nSPS) is 28.6. The number of rotatable bonds is 3. The number of Topliss-reactive ketones (excluding diaryl/α,β-unsaturated/α-hetero) is 1. The first-order valence-electron chi connectivity index (χ1n) is 7.83. The maximum absolute atomic E-state index is 12.9. The number of ether oxygens (including phenoxy) is 1. The van der Waals surface area contributed by atoms with E-state index in [1.807, 2.05) is 6.07 Å². The van der Waals surface area contributed by atoms with Crippen LogP contribution in [-0.4, -0.2) is 31.8 Å². The Morgan fingerprint density at radius 2 is 1.91 bits per heavy atom. The van der Waals surface area contributed by atoms with Gasteiger partial charge in [-0.1, -0.05) is 12.5 Å². The topological polar surface area (TPSA) is 84.2 Å². The predicted octanol–water partition coefficient (Wildman–Crippen LogP) is 2.50. The van der Waals surface area contributed by atoms with Crippen molar-refractivity contribution in [3.05, 3.63) is 29.3 Å². The van der Waals surface area contributed by atoms with Gasteiger partial charge in [0.05, 0.1) is 17.6 Å². The molecule has 3 rings (SSSR count). The molecule has 1 aromatic carbocycles. The van der Waals surface area contributed by atoms with Gasteiger partial charge in [0.15, 0.2) is 15.6 Å². The maximum Gasteiger partial charge on any atom is 0.167 e. The minimum absolute atomic E-state index is 0.132. The zero-order chi connectivity index (χ0) is 16.6. The molecule has 0 N–H and O–H groups in total.